The minimum absolute atomic E-state index is 0.0551. The molecule has 1 fully saturated rings. The third kappa shape index (κ3) is 4.95. The van der Waals surface area contributed by atoms with E-state index in [0.29, 0.717) is 38.3 Å². The highest BCUT2D eigenvalue weighted by atomic mass is 32.2. The molecular weight excluding hydrogens is 355 g/mol. The van der Waals surface area contributed by atoms with Crippen molar-refractivity contribution in [3.05, 3.63) is 60.4 Å². The normalized spacial score (nSPS) is 15.8. The smallest absolute Gasteiger partial charge is 0.214 e. The topological polar surface area (TPSA) is 49.9 Å². The summed E-state index contributed by atoms with van der Waals surface area (Å²) >= 11 is 0. The van der Waals surface area contributed by atoms with Crippen molar-refractivity contribution in [3.63, 3.8) is 0 Å². The van der Waals surface area contributed by atoms with Crippen molar-refractivity contribution in [2.75, 3.05) is 43.4 Å². The number of para-hydroxylation sites is 1. The van der Waals surface area contributed by atoms with Crippen molar-refractivity contribution in [1.29, 1.82) is 0 Å². The summed E-state index contributed by atoms with van der Waals surface area (Å²) < 4.78 is 44.8. The van der Waals surface area contributed by atoms with Crippen LogP contribution in [0.2, 0.25) is 0 Å². The van der Waals surface area contributed by atoms with Gasteiger partial charge in [-0.2, -0.15) is 4.31 Å². The van der Waals surface area contributed by atoms with Crippen LogP contribution in [0.25, 0.3) is 0 Å². The zero-order valence-corrected chi connectivity index (χ0v) is 15.4. The molecule has 1 saturated heterocycles. The number of sulfonamides is 1. The minimum Gasteiger partial charge on any atom is -0.494 e. The Morgan fingerprint density at radius 2 is 1.58 bits per heavy atom. The molecule has 0 spiro atoms. The fourth-order valence-corrected chi connectivity index (χ4v) is 4.42. The van der Waals surface area contributed by atoms with Gasteiger partial charge in [0.25, 0.3) is 0 Å². The highest BCUT2D eigenvalue weighted by molar-refractivity contribution is 7.89. The number of anilines is 1. The Morgan fingerprint density at radius 3 is 2.23 bits per heavy atom. The minimum atomic E-state index is -3.28. The van der Waals surface area contributed by atoms with Gasteiger partial charge in [-0.1, -0.05) is 18.2 Å². The van der Waals surface area contributed by atoms with Crippen LogP contribution < -0.4 is 9.64 Å². The molecule has 0 radical (unpaired) electrons. The van der Waals surface area contributed by atoms with E-state index in [9.17, 15) is 12.8 Å². The molecular formula is C19H23FN2O3S. The molecule has 2 aromatic carbocycles. The lowest BCUT2D eigenvalue weighted by Gasteiger charge is -2.35. The SMILES string of the molecule is O=S(=O)(CCCOc1ccc(F)cc1)N1CCN(c2ccccc2)CC1. The van der Waals surface area contributed by atoms with E-state index < -0.39 is 10.0 Å². The summed E-state index contributed by atoms with van der Waals surface area (Å²) in [4.78, 5) is 2.20. The third-order valence-electron chi connectivity index (χ3n) is 4.38. The number of hydrogen-bond donors (Lipinski definition) is 0. The van der Waals surface area contributed by atoms with E-state index in [2.05, 4.69) is 4.90 Å². The van der Waals surface area contributed by atoms with E-state index in [0.717, 1.165) is 5.69 Å². The van der Waals surface area contributed by atoms with Gasteiger partial charge in [-0.15, -0.1) is 0 Å². The molecule has 1 aliphatic rings. The van der Waals surface area contributed by atoms with Gasteiger partial charge in [-0.25, -0.2) is 12.8 Å². The fraction of sp³-hybridized carbons (Fsp3) is 0.368. The number of ether oxygens (including phenoxy) is 1. The molecule has 0 amide bonds. The molecule has 5 nitrogen and oxygen atoms in total. The Morgan fingerprint density at radius 1 is 0.923 bits per heavy atom. The second-order valence-electron chi connectivity index (χ2n) is 6.19. The summed E-state index contributed by atoms with van der Waals surface area (Å²) in [6.45, 7) is 2.66. The lowest BCUT2D eigenvalue weighted by atomic mass is 10.2. The van der Waals surface area contributed by atoms with Crippen molar-refractivity contribution in [2.45, 2.75) is 6.42 Å². The van der Waals surface area contributed by atoms with Crippen molar-refractivity contribution in [3.8, 4) is 5.75 Å². The number of benzene rings is 2. The predicted molar refractivity (Wildman–Crippen MR) is 101 cm³/mol. The fourth-order valence-electron chi connectivity index (χ4n) is 2.95. The van der Waals surface area contributed by atoms with E-state index in [1.807, 2.05) is 30.3 Å². The molecule has 0 unspecified atom stereocenters. The van der Waals surface area contributed by atoms with Gasteiger partial charge in [0.1, 0.15) is 11.6 Å². The summed E-state index contributed by atoms with van der Waals surface area (Å²) in [6.07, 6.45) is 0.401. The molecule has 0 bridgehead atoms. The summed E-state index contributed by atoms with van der Waals surface area (Å²) in [5, 5.41) is 0. The number of nitrogens with zero attached hydrogens (tertiary/aromatic N) is 2. The molecule has 0 N–H and O–H groups in total. The second kappa shape index (κ2) is 8.51. The average Bonchev–Trinajstić information content (AvgIpc) is 2.67. The number of halogens is 1. The van der Waals surface area contributed by atoms with Crippen LogP contribution in [-0.4, -0.2) is 51.3 Å². The largest absolute Gasteiger partial charge is 0.494 e. The number of piperazine rings is 1. The van der Waals surface area contributed by atoms with Crippen LogP contribution in [0.4, 0.5) is 10.1 Å². The highest BCUT2D eigenvalue weighted by Crippen LogP contribution is 2.17. The van der Waals surface area contributed by atoms with Gasteiger partial charge in [0.05, 0.1) is 12.4 Å². The van der Waals surface area contributed by atoms with Crippen molar-refractivity contribution < 1.29 is 17.5 Å². The summed E-state index contributed by atoms with van der Waals surface area (Å²) in [5.41, 5.74) is 1.12. The van der Waals surface area contributed by atoms with Gasteiger partial charge in [0.15, 0.2) is 0 Å². The Labute approximate surface area is 154 Å². The molecule has 0 atom stereocenters. The molecule has 3 rings (SSSR count). The summed E-state index contributed by atoms with van der Waals surface area (Å²) in [6, 6.07) is 15.7. The Hall–Kier alpha value is -2.12. The first kappa shape index (κ1) is 18.7. The van der Waals surface area contributed by atoms with Crippen molar-refractivity contribution in [2.24, 2.45) is 0 Å². The standard InChI is InChI=1S/C19H23FN2O3S/c20-17-7-9-19(10-8-17)25-15-4-16-26(23,24)22-13-11-21(12-14-22)18-5-2-1-3-6-18/h1-3,5-10H,4,11-16H2. The molecule has 7 heteroatoms. The Bertz CT molecular complexity index is 789. The lowest BCUT2D eigenvalue weighted by Crippen LogP contribution is -2.49. The Balaban J connectivity index is 1.43. The average molecular weight is 378 g/mol. The maximum absolute atomic E-state index is 12.8. The van der Waals surface area contributed by atoms with Crippen molar-refractivity contribution >= 4 is 15.7 Å². The van der Waals surface area contributed by atoms with Crippen LogP contribution in [0.15, 0.2) is 54.6 Å². The van der Waals surface area contributed by atoms with Gasteiger partial charge in [-0.3, -0.25) is 0 Å². The van der Waals surface area contributed by atoms with Crippen molar-refractivity contribution in [1.82, 2.24) is 4.31 Å². The predicted octanol–water partition coefficient (Wildman–Crippen LogP) is 2.75. The van der Waals surface area contributed by atoms with E-state index in [4.69, 9.17) is 4.74 Å². The number of rotatable bonds is 7. The second-order valence-corrected chi connectivity index (χ2v) is 8.28. The van der Waals surface area contributed by atoms with E-state index in [1.165, 1.54) is 24.3 Å². The molecule has 0 aliphatic carbocycles. The zero-order valence-electron chi connectivity index (χ0n) is 14.6. The molecule has 26 heavy (non-hydrogen) atoms. The lowest BCUT2D eigenvalue weighted by molar-refractivity contribution is 0.314. The molecule has 1 heterocycles. The maximum Gasteiger partial charge on any atom is 0.214 e. The summed E-state index contributed by atoms with van der Waals surface area (Å²) in [7, 11) is -3.28. The summed E-state index contributed by atoms with van der Waals surface area (Å²) in [5.74, 6) is 0.273. The van der Waals surface area contributed by atoms with Gasteiger partial charge >= 0.3 is 0 Å². The van der Waals surface area contributed by atoms with E-state index in [1.54, 1.807) is 4.31 Å². The van der Waals surface area contributed by atoms with Crippen LogP contribution in [0.1, 0.15) is 6.42 Å². The third-order valence-corrected chi connectivity index (χ3v) is 6.34. The molecule has 1 aliphatic heterocycles. The first-order chi connectivity index (χ1) is 12.5. The van der Waals surface area contributed by atoms with Crippen LogP contribution >= 0.6 is 0 Å². The highest BCUT2D eigenvalue weighted by Gasteiger charge is 2.26. The van der Waals surface area contributed by atoms with Gasteiger partial charge in [-0.05, 0) is 42.8 Å². The molecule has 0 aromatic heterocycles. The van der Waals surface area contributed by atoms with Crippen LogP contribution in [0, 0.1) is 5.82 Å². The van der Waals surface area contributed by atoms with Crippen LogP contribution in [-0.2, 0) is 10.0 Å². The number of hydrogen-bond acceptors (Lipinski definition) is 4. The van der Waals surface area contributed by atoms with Crippen LogP contribution in [0.3, 0.4) is 0 Å². The van der Waals surface area contributed by atoms with Crippen LogP contribution in [0.5, 0.6) is 5.75 Å². The molecule has 140 valence electrons. The monoisotopic (exact) mass is 378 g/mol. The zero-order chi connectivity index (χ0) is 18.4. The quantitative estimate of drug-likeness (QED) is 0.695. The first-order valence-electron chi connectivity index (χ1n) is 8.71. The van der Waals surface area contributed by atoms with Gasteiger partial charge in [0, 0.05) is 31.9 Å². The molecule has 0 saturated carbocycles. The first-order valence-corrected chi connectivity index (χ1v) is 10.3. The van der Waals surface area contributed by atoms with Gasteiger partial charge < -0.3 is 9.64 Å². The van der Waals surface area contributed by atoms with Gasteiger partial charge in [0.2, 0.25) is 10.0 Å². The molecule has 2 aromatic rings. The van der Waals surface area contributed by atoms with E-state index >= 15 is 0 Å². The Kier molecular flexibility index (Phi) is 6.11. The maximum atomic E-state index is 12.8. The van der Waals surface area contributed by atoms with E-state index in [-0.39, 0.29) is 18.2 Å².